The molecule has 0 aromatic heterocycles. The molecular weight excluding hydrogens is 300 g/mol. The van der Waals surface area contributed by atoms with Crippen LogP contribution in [0.3, 0.4) is 0 Å². The molecule has 1 rings (SSSR count). The molecule has 1 aliphatic carbocycles. The molecule has 0 radical (unpaired) electrons. The lowest BCUT2D eigenvalue weighted by atomic mass is 9.92. The Bertz CT molecular complexity index is 387. The number of rotatable bonds is 12. The zero-order valence-corrected chi connectivity index (χ0v) is 15.6. The average molecular weight is 337 g/mol. The van der Waals surface area contributed by atoms with Crippen LogP contribution in [0, 0.1) is 11.8 Å². The molecule has 0 heterocycles. The smallest absolute Gasteiger partial charge is 0.334 e. The standard InChI is InChI=1S/C21H36O3/c1-3-4-5-6-7-9-13-18-15-12-16-19(18)14-10-8-11-17-20(22)21(23)24-2/h8-10,13,18-20,22H,3-7,11-12,14-17H2,1-2H3/t18-,19-,20?/m0/s1. The van der Waals surface area contributed by atoms with Crippen molar-refractivity contribution in [2.24, 2.45) is 11.8 Å². The molecule has 0 spiro atoms. The van der Waals surface area contributed by atoms with E-state index in [1.165, 1.54) is 58.5 Å². The lowest BCUT2D eigenvalue weighted by Gasteiger charge is -2.14. The Morgan fingerprint density at radius 2 is 2.00 bits per heavy atom. The summed E-state index contributed by atoms with van der Waals surface area (Å²) in [7, 11) is 1.30. The van der Waals surface area contributed by atoms with Gasteiger partial charge in [-0.3, -0.25) is 0 Å². The molecule has 0 amide bonds. The highest BCUT2D eigenvalue weighted by Crippen LogP contribution is 2.35. The van der Waals surface area contributed by atoms with Crippen molar-refractivity contribution in [1.82, 2.24) is 0 Å². The highest BCUT2D eigenvalue weighted by atomic mass is 16.5. The Labute approximate surface area is 148 Å². The SMILES string of the molecule is CCCCCCC=C[C@H]1CCC[C@@H]1CC=CCCC(O)C(=O)OC. The van der Waals surface area contributed by atoms with E-state index in [1.807, 2.05) is 0 Å². The van der Waals surface area contributed by atoms with E-state index in [9.17, 15) is 9.90 Å². The van der Waals surface area contributed by atoms with Gasteiger partial charge in [-0.05, 0) is 56.8 Å². The molecule has 0 bridgehead atoms. The van der Waals surface area contributed by atoms with E-state index in [0.29, 0.717) is 6.42 Å². The number of aliphatic hydroxyl groups excluding tert-OH is 1. The molecule has 1 saturated carbocycles. The predicted molar refractivity (Wildman–Crippen MR) is 99.7 cm³/mol. The molecule has 0 aliphatic heterocycles. The van der Waals surface area contributed by atoms with E-state index < -0.39 is 12.1 Å². The van der Waals surface area contributed by atoms with Crippen molar-refractivity contribution in [1.29, 1.82) is 0 Å². The molecule has 24 heavy (non-hydrogen) atoms. The largest absolute Gasteiger partial charge is 0.467 e. The fraction of sp³-hybridized carbons (Fsp3) is 0.762. The van der Waals surface area contributed by atoms with Crippen molar-refractivity contribution in [3.8, 4) is 0 Å². The zero-order chi connectivity index (χ0) is 17.6. The Morgan fingerprint density at radius 3 is 2.75 bits per heavy atom. The molecule has 0 aromatic carbocycles. The number of methoxy groups -OCH3 is 1. The minimum absolute atomic E-state index is 0.439. The lowest BCUT2D eigenvalue weighted by molar-refractivity contribution is -0.150. The first-order valence-corrected chi connectivity index (χ1v) is 9.76. The first-order chi connectivity index (χ1) is 11.7. The summed E-state index contributed by atoms with van der Waals surface area (Å²) < 4.78 is 4.51. The summed E-state index contributed by atoms with van der Waals surface area (Å²) in [4.78, 5) is 11.1. The molecular formula is C21H36O3. The Morgan fingerprint density at radius 1 is 1.17 bits per heavy atom. The zero-order valence-electron chi connectivity index (χ0n) is 15.6. The van der Waals surface area contributed by atoms with Crippen molar-refractivity contribution >= 4 is 5.97 Å². The van der Waals surface area contributed by atoms with Crippen LogP contribution in [0.5, 0.6) is 0 Å². The molecule has 3 nitrogen and oxygen atoms in total. The van der Waals surface area contributed by atoms with Crippen molar-refractivity contribution in [2.45, 2.75) is 83.7 Å². The van der Waals surface area contributed by atoms with Gasteiger partial charge in [-0.15, -0.1) is 0 Å². The van der Waals surface area contributed by atoms with Gasteiger partial charge in [0.05, 0.1) is 7.11 Å². The van der Waals surface area contributed by atoms with Crippen molar-refractivity contribution in [3.63, 3.8) is 0 Å². The molecule has 0 aromatic rings. The summed E-state index contributed by atoms with van der Waals surface area (Å²) in [6.45, 7) is 2.25. The number of ether oxygens (including phenoxy) is 1. The summed E-state index contributed by atoms with van der Waals surface area (Å²) in [6, 6.07) is 0. The molecule has 3 heteroatoms. The maximum Gasteiger partial charge on any atom is 0.334 e. The van der Waals surface area contributed by atoms with Crippen LogP contribution in [0.2, 0.25) is 0 Å². The van der Waals surface area contributed by atoms with Crippen LogP contribution in [0.1, 0.15) is 77.6 Å². The topological polar surface area (TPSA) is 46.5 Å². The quantitative estimate of drug-likeness (QED) is 0.303. The fourth-order valence-electron chi connectivity index (χ4n) is 3.47. The van der Waals surface area contributed by atoms with Crippen LogP contribution in [0.25, 0.3) is 0 Å². The summed E-state index contributed by atoms with van der Waals surface area (Å²) in [5, 5.41) is 9.53. The fourth-order valence-corrected chi connectivity index (χ4v) is 3.47. The van der Waals surface area contributed by atoms with E-state index in [-0.39, 0.29) is 0 Å². The normalized spacial score (nSPS) is 22.5. The van der Waals surface area contributed by atoms with Crippen LogP contribution >= 0.6 is 0 Å². The maximum atomic E-state index is 11.1. The number of allylic oxidation sites excluding steroid dienone is 4. The molecule has 0 saturated heterocycles. The van der Waals surface area contributed by atoms with Gasteiger partial charge < -0.3 is 9.84 Å². The van der Waals surface area contributed by atoms with E-state index in [0.717, 1.165) is 24.7 Å². The highest BCUT2D eigenvalue weighted by Gasteiger charge is 2.23. The van der Waals surface area contributed by atoms with Gasteiger partial charge >= 0.3 is 5.97 Å². The van der Waals surface area contributed by atoms with Crippen molar-refractivity contribution < 1.29 is 14.6 Å². The van der Waals surface area contributed by atoms with Gasteiger partial charge in [-0.1, -0.05) is 56.9 Å². The number of carbonyl (C=O) groups is 1. The molecule has 1 aliphatic rings. The monoisotopic (exact) mass is 336 g/mol. The van der Waals surface area contributed by atoms with Crippen LogP contribution in [-0.4, -0.2) is 24.3 Å². The molecule has 1 unspecified atom stereocenters. The van der Waals surface area contributed by atoms with E-state index in [4.69, 9.17) is 0 Å². The van der Waals surface area contributed by atoms with Gasteiger partial charge in [-0.2, -0.15) is 0 Å². The molecule has 138 valence electrons. The van der Waals surface area contributed by atoms with Gasteiger partial charge in [0.2, 0.25) is 0 Å². The summed E-state index contributed by atoms with van der Waals surface area (Å²) >= 11 is 0. The van der Waals surface area contributed by atoms with E-state index in [1.54, 1.807) is 0 Å². The highest BCUT2D eigenvalue weighted by molar-refractivity contribution is 5.74. The Hall–Kier alpha value is -1.09. The van der Waals surface area contributed by atoms with Crippen LogP contribution in [-0.2, 0) is 9.53 Å². The summed E-state index contributed by atoms with van der Waals surface area (Å²) in [5.41, 5.74) is 0. The minimum atomic E-state index is -0.991. The summed E-state index contributed by atoms with van der Waals surface area (Å²) in [5.74, 6) is 0.962. The number of hydrogen-bond acceptors (Lipinski definition) is 3. The van der Waals surface area contributed by atoms with Gasteiger partial charge in [0.1, 0.15) is 0 Å². The third-order valence-electron chi connectivity index (χ3n) is 5.01. The second-order valence-corrected chi connectivity index (χ2v) is 6.96. The number of esters is 1. The van der Waals surface area contributed by atoms with E-state index >= 15 is 0 Å². The van der Waals surface area contributed by atoms with Gasteiger partial charge in [-0.25, -0.2) is 4.79 Å². The van der Waals surface area contributed by atoms with Gasteiger partial charge in [0.25, 0.3) is 0 Å². The van der Waals surface area contributed by atoms with Crippen LogP contribution in [0.15, 0.2) is 24.3 Å². The number of unbranched alkanes of at least 4 members (excludes halogenated alkanes) is 4. The Kier molecular flexibility index (Phi) is 11.5. The van der Waals surface area contributed by atoms with Crippen molar-refractivity contribution in [2.75, 3.05) is 7.11 Å². The van der Waals surface area contributed by atoms with Gasteiger partial charge in [0, 0.05) is 0 Å². The summed E-state index contributed by atoms with van der Waals surface area (Å²) in [6.07, 6.45) is 21.0. The van der Waals surface area contributed by atoms with Crippen LogP contribution < -0.4 is 0 Å². The van der Waals surface area contributed by atoms with Crippen molar-refractivity contribution in [3.05, 3.63) is 24.3 Å². The number of carbonyl (C=O) groups excluding carboxylic acids is 1. The maximum absolute atomic E-state index is 11.1. The second kappa shape index (κ2) is 13.2. The average Bonchev–Trinajstić information content (AvgIpc) is 3.04. The minimum Gasteiger partial charge on any atom is -0.467 e. The molecule has 1 fully saturated rings. The van der Waals surface area contributed by atoms with Crippen LogP contribution in [0.4, 0.5) is 0 Å². The molecule has 1 N–H and O–H groups in total. The first-order valence-electron chi connectivity index (χ1n) is 9.76. The van der Waals surface area contributed by atoms with Gasteiger partial charge in [0.15, 0.2) is 6.10 Å². The molecule has 3 atom stereocenters. The lowest BCUT2D eigenvalue weighted by Crippen LogP contribution is -2.21. The Balaban J connectivity index is 2.20. The van der Waals surface area contributed by atoms with E-state index in [2.05, 4.69) is 36.0 Å². The number of hydrogen-bond donors (Lipinski definition) is 1. The third kappa shape index (κ3) is 8.68. The first kappa shape index (κ1) is 21.0. The second-order valence-electron chi connectivity index (χ2n) is 6.96. The number of aliphatic hydroxyl groups is 1. The predicted octanol–water partition coefficient (Wildman–Crippen LogP) is 5.19. The third-order valence-corrected chi connectivity index (χ3v) is 5.01.